The minimum Gasteiger partial charge on any atom is -0.445 e. The number of amides is 5. The highest BCUT2D eigenvalue weighted by molar-refractivity contribution is 5.87. The molecular weight excluding hydrogens is 769 g/mol. The van der Waals surface area contributed by atoms with Gasteiger partial charge in [-0.15, -0.1) is 0 Å². The third kappa shape index (κ3) is 23.0. The minimum absolute atomic E-state index is 0.109. The van der Waals surface area contributed by atoms with Gasteiger partial charge in [0.2, 0.25) is 11.8 Å². The maximum atomic E-state index is 12.9. The van der Waals surface area contributed by atoms with Gasteiger partial charge < -0.3 is 56.3 Å². The van der Waals surface area contributed by atoms with Crippen LogP contribution in [0.5, 0.6) is 0 Å². The van der Waals surface area contributed by atoms with Crippen LogP contribution in [0.25, 0.3) is 0 Å². The Bertz CT molecular complexity index is 1720. The highest BCUT2D eigenvalue weighted by Crippen LogP contribution is 2.14. The Balaban J connectivity index is 0.000000438. The molecular formula is C44H66N8O8. The highest BCUT2D eigenvalue weighted by atomic mass is 16.6. The Labute approximate surface area is 355 Å². The number of hydrogen-bond acceptors (Lipinski definition) is 11. The molecule has 0 aliphatic heterocycles. The summed E-state index contributed by atoms with van der Waals surface area (Å²) in [5, 5.41) is 13.7. The van der Waals surface area contributed by atoms with E-state index in [0.29, 0.717) is 57.9 Å². The standard InChI is InChI=1S/C26H36N4O5.C18H30N4O3/c1-26(2,3)35-24(32)28-16-18-30(4)17-15-27-23(31)22(21-13-9-6-10-14-21)29-25(33)34-19-20-11-7-5-8-12-20;1-18(2,3)25-17(24)21-11-13-22(4)12-10-20-16(23)15(19)14-8-6-5-7-9-14/h5-14,22H,15-19H2,1-4H3,(H,27,31)(H,28,32)(H,29,33);5-9,15H,10-13,19H2,1-4H3,(H,20,23)(H,21,24). The van der Waals surface area contributed by atoms with Gasteiger partial charge in [-0.2, -0.15) is 0 Å². The SMILES string of the molecule is CN(CCNC(=O)OC(C)(C)C)CCNC(=O)C(N)c1ccccc1.CN(CCNC(=O)OC(C)(C)C)CCNC(=O)C(NC(=O)OCc1ccccc1)c1ccccc1. The Morgan fingerprint density at radius 3 is 1.37 bits per heavy atom. The number of likely N-dealkylation sites (N-methyl/N-ethyl adjacent to an activating group) is 2. The van der Waals surface area contributed by atoms with Crippen molar-refractivity contribution in [2.75, 3.05) is 66.5 Å². The number of benzene rings is 3. The van der Waals surface area contributed by atoms with Crippen LogP contribution in [-0.2, 0) is 30.4 Å². The zero-order valence-corrected chi connectivity index (χ0v) is 36.4. The second-order valence-corrected chi connectivity index (χ2v) is 16.0. The third-order valence-electron chi connectivity index (χ3n) is 8.22. The zero-order chi connectivity index (χ0) is 44.6. The van der Waals surface area contributed by atoms with E-state index in [9.17, 15) is 24.0 Å². The van der Waals surface area contributed by atoms with Crippen molar-refractivity contribution in [3.8, 4) is 0 Å². The van der Waals surface area contributed by atoms with Crippen LogP contribution in [0.15, 0.2) is 91.0 Å². The third-order valence-corrected chi connectivity index (χ3v) is 8.22. The number of rotatable bonds is 19. The van der Waals surface area contributed by atoms with Crippen LogP contribution >= 0.6 is 0 Å². The molecule has 330 valence electrons. The second-order valence-electron chi connectivity index (χ2n) is 16.0. The first kappa shape index (κ1) is 50.4. The normalized spacial score (nSPS) is 12.2. The van der Waals surface area contributed by atoms with E-state index in [0.717, 1.165) is 11.1 Å². The van der Waals surface area contributed by atoms with Crippen LogP contribution in [0.2, 0.25) is 0 Å². The van der Waals surface area contributed by atoms with E-state index < -0.39 is 41.6 Å². The first-order valence-corrected chi connectivity index (χ1v) is 20.0. The first-order chi connectivity index (χ1) is 28.3. The van der Waals surface area contributed by atoms with E-state index >= 15 is 0 Å². The van der Waals surface area contributed by atoms with Crippen molar-refractivity contribution < 1.29 is 38.2 Å². The molecule has 3 rings (SSSR count). The summed E-state index contributed by atoms with van der Waals surface area (Å²) in [7, 11) is 3.80. The van der Waals surface area contributed by atoms with Crippen molar-refractivity contribution in [1.29, 1.82) is 0 Å². The monoisotopic (exact) mass is 835 g/mol. The molecule has 3 aromatic rings. The summed E-state index contributed by atoms with van der Waals surface area (Å²) < 4.78 is 15.6. The molecule has 5 amide bonds. The first-order valence-electron chi connectivity index (χ1n) is 20.0. The molecule has 0 aliphatic carbocycles. The minimum atomic E-state index is -0.890. The Morgan fingerprint density at radius 1 is 0.550 bits per heavy atom. The lowest BCUT2D eigenvalue weighted by Crippen LogP contribution is -2.43. The molecule has 0 aromatic heterocycles. The molecule has 3 aromatic carbocycles. The fourth-order valence-corrected chi connectivity index (χ4v) is 5.14. The van der Waals surface area contributed by atoms with Crippen molar-refractivity contribution in [1.82, 2.24) is 36.4 Å². The number of hydrogen-bond donors (Lipinski definition) is 6. The van der Waals surface area contributed by atoms with Crippen molar-refractivity contribution in [2.24, 2.45) is 5.73 Å². The number of carbonyl (C=O) groups excluding carboxylic acids is 5. The van der Waals surface area contributed by atoms with Gasteiger partial charge in [-0.25, -0.2) is 14.4 Å². The number of carbonyl (C=O) groups is 5. The summed E-state index contributed by atoms with van der Waals surface area (Å²) in [5.74, 6) is -0.542. The molecule has 0 fully saturated rings. The van der Waals surface area contributed by atoms with Gasteiger partial charge in [-0.1, -0.05) is 91.0 Å². The summed E-state index contributed by atoms with van der Waals surface area (Å²) in [6, 6.07) is 26.0. The molecule has 7 N–H and O–H groups in total. The predicted molar refractivity (Wildman–Crippen MR) is 232 cm³/mol. The van der Waals surface area contributed by atoms with Gasteiger partial charge >= 0.3 is 18.3 Å². The van der Waals surface area contributed by atoms with Crippen LogP contribution in [-0.4, -0.2) is 118 Å². The van der Waals surface area contributed by atoms with Crippen LogP contribution in [0.1, 0.15) is 70.3 Å². The smallest absolute Gasteiger partial charge is 0.408 e. The van der Waals surface area contributed by atoms with E-state index in [1.165, 1.54) is 0 Å². The van der Waals surface area contributed by atoms with E-state index in [4.69, 9.17) is 19.9 Å². The number of nitrogens with two attached hydrogens (primary N) is 1. The molecule has 60 heavy (non-hydrogen) atoms. The number of nitrogens with one attached hydrogen (secondary N) is 5. The fraction of sp³-hybridized carbons (Fsp3) is 0.477. The zero-order valence-electron chi connectivity index (χ0n) is 36.4. The topological polar surface area (TPSA) is 206 Å². The van der Waals surface area contributed by atoms with E-state index in [2.05, 4.69) is 26.6 Å². The fourth-order valence-electron chi connectivity index (χ4n) is 5.14. The quantitative estimate of drug-likeness (QED) is 0.0929. The summed E-state index contributed by atoms with van der Waals surface area (Å²) in [6.45, 7) is 15.2. The molecule has 0 saturated carbocycles. The molecule has 16 nitrogen and oxygen atoms in total. The largest absolute Gasteiger partial charge is 0.445 e. The molecule has 0 bridgehead atoms. The van der Waals surface area contributed by atoms with Crippen molar-refractivity contribution >= 4 is 30.1 Å². The van der Waals surface area contributed by atoms with Crippen molar-refractivity contribution in [3.05, 3.63) is 108 Å². The van der Waals surface area contributed by atoms with Gasteiger partial charge in [0, 0.05) is 52.4 Å². The second kappa shape index (κ2) is 26.4. The van der Waals surface area contributed by atoms with Gasteiger partial charge in [0.1, 0.15) is 29.9 Å². The lowest BCUT2D eigenvalue weighted by Gasteiger charge is -2.22. The average molecular weight is 835 g/mol. The lowest BCUT2D eigenvalue weighted by molar-refractivity contribution is -0.123. The summed E-state index contributed by atoms with van der Waals surface area (Å²) >= 11 is 0. The molecule has 0 heterocycles. The number of alkyl carbamates (subject to hydrolysis) is 3. The Hall–Kier alpha value is -5.71. The molecule has 0 radical (unpaired) electrons. The van der Waals surface area contributed by atoms with Crippen molar-refractivity contribution in [2.45, 2.75) is 71.4 Å². The summed E-state index contributed by atoms with van der Waals surface area (Å²) in [5.41, 5.74) is 7.18. The highest BCUT2D eigenvalue weighted by Gasteiger charge is 2.24. The predicted octanol–water partition coefficient (Wildman–Crippen LogP) is 4.49. The van der Waals surface area contributed by atoms with Crippen LogP contribution in [0.4, 0.5) is 14.4 Å². The van der Waals surface area contributed by atoms with Gasteiger partial charge in [-0.05, 0) is 72.3 Å². The average Bonchev–Trinajstić information content (AvgIpc) is 3.18. The van der Waals surface area contributed by atoms with Crippen molar-refractivity contribution in [3.63, 3.8) is 0 Å². The van der Waals surface area contributed by atoms with Crippen LogP contribution in [0, 0.1) is 0 Å². The molecule has 0 saturated heterocycles. The van der Waals surface area contributed by atoms with Gasteiger partial charge in [0.25, 0.3) is 0 Å². The van der Waals surface area contributed by atoms with Gasteiger partial charge in [0.15, 0.2) is 0 Å². The Morgan fingerprint density at radius 2 is 0.933 bits per heavy atom. The maximum Gasteiger partial charge on any atom is 0.408 e. The van der Waals surface area contributed by atoms with E-state index in [1.807, 2.05) is 132 Å². The lowest BCUT2D eigenvalue weighted by atomic mass is 10.1. The number of ether oxygens (including phenoxy) is 3. The van der Waals surface area contributed by atoms with Gasteiger partial charge in [0.05, 0.1) is 0 Å². The molecule has 16 heteroatoms. The van der Waals surface area contributed by atoms with Crippen LogP contribution < -0.4 is 32.3 Å². The molecule has 2 unspecified atom stereocenters. The summed E-state index contributed by atoms with van der Waals surface area (Å²) in [4.78, 5) is 64.5. The van der Waals surface area contributed by atoms with Gasteiger partial charge in [-0.3, -0.25) is 9.59 Å². The maximum absolute atomic E-state index is 12.9. The van der Waals surface area contributed by atoms with Crippen LogP contribution in [0.3, 0.4) is 0 Å². The Kier molecular flexibility index (Phi) is 22.2. The summed E-state index contributed by atoms with van der Waals surface area (Å²) in [6.07, 6.45) is -1.57. The molecule has 0 aliphatic rings. The van der Waals surface area contributed by atoms with E-state index in [1.54, 1.807) is 24.3 Å². The molecule has 0 spiro atoms. The number of nitrogens with zero attached hydrogens (tertiary/aromatic N) is 2. The molecule has 2 atom stereocenters. The van der Waals surface area contributed by atoms with E-state index in [-0.39, 0.29) is 18.4 Å².